The predicted molar refractivity (Wildman–Crippen MR) is 97.6 cm³/mol. The molecule has 1 unspecified atom stereocenters. The standard InChI is InChI=1S/C18H25N3O2S/c1-12-17(22)20-15-11-14(3-4-16(15)24-12)18(23)21-9-6-13(7-10-21)5-8-19-2/h3-4,11-13,19H,5-10H2,1-2H3,(H,20,22). The molecule has 130 valence electrons. The first-order valence-electron chi connectivity index (χ1n) is 8.64. The topological polar surface area (TPSA) is 61.4 Å². The highest BCUT2D eigenvalue weighted by Crippen LogP contribution is 2.36. The van der Waals surface area contributed by atoms with Gasteiger partial charge in [-0.25, -0.2) is 0 Å². The molecule has 1 aromatic carbocycles. The first-order valence-corrected chi connectivity index (χ1v) is 9.52. The second-order valence-corrected chi connectivity index (χ2v) is 7.97. The van der Waals surface area contributed by atoms with Gasteiger partial charge in [-0.15, -0.1) is 11.8 Å². The summed E-state index contributed by atoms with van der Waals surface area (Å²) in [6, 6.07) is 5.65. The lowest BCUT2D eigenvalue weighted by Crippen LogP contribution is -2.39. The predicted octanol–water partition coefficient (Wildman–Crippen LogP) is 2.58. The largest absolute Gasteiger partial charge is 0.339 e. The van der Waals surface area contributed by atoms with Crippen LogP contribution in [0.25, 0.3) is 0 Å². The van der Waals surface area contributed by atoms with Gasteiger partial charge in [-0.3, -0.25) is 9.59 Å². The van der Waals surface area contributed by atoms with Crippen molar-refractivity contribution >= 4 is 29.3 Å². The Bertz CT molecular complexity index is 627. The number of likely N-dealkylation sites (tertiary alicyclic amines) is 1. The first kappa shape index (κ1) is 17.3. The fraction of sp³-hybridized carbons (Fsp3) is 0.556. The van der Waals surface area contributed by atoms with Crippen molar-refractivity contribution in [3.63, 3.8) is 0 Å². The highest BCUT2D eigenvalue weighted by molar-refractivity contribution is 8.00. The monoisotopic (exact) mass is 347 g/mol. The fourth-order valence-corrected chi connectivity index (χ4v) is 4.23. The molecule has 2 heterocycles. The maximum absolute atomic E-state index is 12.7. The molecule has 5 nitrogen and oxygen atoms in total. The van der Waals surface area contributed by atoms with E-state index < -0.39 is 0 Å². The molecule has 3 rings (SSSR count). The number of amides is 2. The van der Waals surface area contributed by atoms with Crippen molar-refractivity contribution in [2.45, 2.75) is 36.3 Å². The minimum Gasteiger partial charge on any atom is -0.339 e. The highest BCUT2D eigenvalue weighted by Gasteiger charge is 2.26. The van der Waals surface area contributed by atoms with E-state index in [4.69, 9.17) is 0 Å². The quantitative estimate of drug-likeness (QED) is 0.879. The number of benzene rings is 1. The number of fused-ring (bicyclic) bond motifs is 1. The van der Waals surface area contributed by atoms with E-state index >= 15 is 0 Å². The molecule has 2 aliphatic heterocycles. The third-order valence-corrected chi connectivity index (χ3v) is 6.04. The number of carbonyl (C=O) groups is 2. The number of nitrogens with one attached hydrogen (secondary N) is 2. The zero-order valence-electron chi connectivity index (χ0n) is 14.3. The van der Waals surface area contributed by atoms with Crippen LogP contribution in [0.2, 0.25) is 0 Å². The van der Waals surface area contributed by atoms with E-state index in [-0.39, 0.29) is 17.1 Å². The Hall–Kier alpha value is -1.53. The first-order chi connectivity index (χ1) is 11.6. The normalized spacial score (nSPS) is 21.3. The third-order valence-electron chi connectivity index (χ3n) is 4.86. The van der Waals surface area contributed by atoms with Gasteiger partial charge in [0, 0.05) is 23.5 Å². The van der Waals surface area contributed by atoms with Crippen LogP contribution in [0.4, 0.5) is 5.69 Å². The summed E-state index contributed by atoms with van der Waals surface area (Å²) in [6.07, 6.45) is 3.32. The van der Waals surface area contributed by atoms with Crippen LogP contribution in [0.3, 0.4) is 0 Å². The van der Waals surface area contributed by atoms with E-state index in [9.17, 15) is 9.59 Å². The van der Waals surface area contributed by atoms with Gasteiger partial charge in [-0.05, 0) is 63.9 Å². The molecule has 0 bridgehead atoms. The number of nitrogens with zero attached hydrogens (tertiary/aromatic N) is 1. The van der Waals surface area contributed by atoms with Gasteiger partial charge in [0.2, 0.25) is 5.91 Å². The molecule has 1 saturated heterocycles. The van der Waals surface area contributed by atoms with Gasteiger partial charge < -0.3 is 15.5 Å². The Morgan fingerprint density at radius 3 is 2.83 bits per heavy atom. The Morgan fingerprint density at radius 1 is 1.38 bits per heavy atom. The van der Waals surface area contributed by atoms with Crippen molar-refractivity contribution in [1.82, 2.24) is 10.2 Å². The lowest BCUT2D eigenvalue weighted by atomic mass is 9.93. The summed E-state index contributed by atoms with van der Waals surface area (Å²) in [5.74, 6) is 0.785. The van der Waals surface area contributed by atoms with Crippen molar-refractivity contribution in [2.75, 3.05) is 32.0 Å². The molecule has 0 aliphatic carbocycles. The lowest BCUT2D eigenvalue weighted by Gasteiger charge is -2.32. The summed E-state index contributed by atoms with van der Waals surface area (Å²) in [4.78, 5) is 27.6. The number of piperidine rings is 1. The van der Waals surface area contributed by atoms with Crippen LogP contribution >= 0.6 is 11.8 Å². The van der Waals surface area contributed by atoms with E-state index in [1.54, 1.807) is 11.8 Å². The lowest BCUT2D eigenvalue weighted by molar-refractivity contribution is -0.115. The molecule has 2 N–H and O–H groups in total. The van der Waals surface area contributed by atoms with Crippen LogP contribution in [0.5, 0.6) is 0 Å². The summed E-state index contributed by atoms with van der Waals surface area (Å²) >= 11 is 1.54. The van der Waals surface area contributed by atoms with Gasteiger partial charge in [0.25, 0.3) is 5.91 Å². The summed E-state index contributed by atoms with van der Waals surface area (Å²) in [6.45, 7) is 4.57. The maximum Gasteiger partial charge on any atom is 0.253 e. The maximum atomic E-state index is 12.7. The zero-order chi connectivity index (χ0) is 17.1. The van der Waals surface area contributed by atoms with Crippen LogP contribution in [0.15, 0.2) is 23.1 Å². The van der Waals surface area contributed by atoms with Gasteiger partial charge in [-0.1, -0.05) is 0 Å². The molecule has 2 amide bonds. The highest BCUT2D eigenvalue weighted by atomic mass is 32.2. The molecular formula is C18H25N3O2S. The zero-order valence-corrected chi connectivity index (χ0v) is 15.1. The third kappa shape index (κ3) is 3.75. The van der Waals surface area contributed by atoms with Crippen molar-refractivity contribution in [3.8, 4) is 0 Å². The molecule has 1 atom stereocenters. The Morgan fingerprint density at radius 2 is 2.12 bits per heavy atom. The molecule has 0 saturated carbocycles. The number of hydrogen-bond donors (Lipinski definition) is 2. The number of rotatable bonds is 4. The smallest absolute Gasteiger partial charge is 0.253 e. The second kappa shape index (κ2) is 7.57. The van der Waals surface area contributed by atoms with E-state index in [0.29, 0.717) is 11.5 Å². The molecule has 2 aliphatic rings. The number of thioether (sulfide) groups is 1. The summed E-state index contributed by atoms with van der Waals surface area (Å²) < 4.78 is 0. The Balaban J connectivity index is 1.64. The van der Waals surface area contributed by atoms with E-state index in [1.165, 1.54) is 6.42 Å². The van der Waals surface area contributed by atoms with Gasteiger partial charge in [0.15, 0.2) is 0 Å². The minimum absolute atomic E-state index is 0.00227. The van der Waals surface area contributed by atoms with E-state index in [1.807, 2.05) is 37.1 Å². The van der Waals surface area contributed by atoms with Gasteiger partial charge in [0.05, 0.1) is 10.9 Å². The molecule has 0 radical (unpaired) electrons. The van der Waals surface area contributed by atoms with Crippen molar-refractivity contribution < 1.29 is 9.59 Å². The summed E-state index contributed by atoms with van der Waals surface area (Å²) in [5, 5.41) is 6.01. The van der Waals surface area contributed by atoms with Crippen LogP contribution in [-0.4, -0.2) is 48.6 Å². The van der Waals surface area contributed by atoms with Crippen LogP contribution in [0, 0.1) is 5.92 Å². The molecule has 1 fully saturated rings. The van der Waals surface area contributed by atoms with Crippen LogP contribution < -0.4 is 10.6 Å². The van der Waals surface area contributed by atoms with Crippen LogP contribution in [-0.2, 0) is 4.79 Å². The molecule has 0 spiro atoms. The fourth-order valence-electron chi connectivity index (χ4n) is 3.30. The Labute approximate surface area is 147 Å². The molecule has 24 heavy (non-hydrogen) atoms. The number of hydrogen-bond acceptors (Lipinski definition) is 4. The summed E-state index contributed by atoms with van der Waals surface area (Å²) in [5.41, 5.74) is 1.43. The van der Waals surface area contributed by atoms with Crippen molar-refractivity contribution in [1.29, 1.82) is 0 Å². The minimum atomic E-state index is -0.0873. The molecule has 1 aromatic rings. The number of carbonyl (C=O) groups excluding carboxylic acids is 2. The van der Waals surface area contributed by atoms with Crippen molar-refractivity contribution in [2.24, 2.45) is 5.92 Å². The Kier molecular flexibility index (Phi) is 5.46. The van der Waals surface area contributed by atoms with Gasteiger partial charge >= 0.3 is 0 Å². The SMILES string of the molecule is CNCCC1CCN(C(=O)c2ccc3c(c2)NC(=O)C(C)S3)CC1. The molecular weight excluding hydrogens is 322 g/mol. The van der Waals surface area contributed by atoms with E-state index in [0.717, 1.165) is 43.1 Å². The molecule has 0 aromatic heterocycles. The summed E-state index contributed by atoms with van der Waals surface area (Å²) in [7, 11) is 1.98. The average Bonchev–Trinajstić information content (AvgIpc) is 2.60. The average molecular weight is 347 g/mol. The number of anilines is 1. The van der Waals surface area contributed by atoms with Gasteiger partial charge in [0.1, 0.15) is 0 Å². The van der Waals surface area contributed by atoms with Crippen LogP contribution in [0.1, 0.15) is 36.5 Å². The van der Waals surface area contributed by atoms with E-state index in [2.05, 4.69) is 10.6 Å². The second-order valence-electron chi connectivity index (χ2n) is 6.59. The van der Waals surface area contributed by atoms with Crippen molar-refractivity contribution in [3.05, 3.63) is 23.8 Å². The molecule has 6 heteroatoms. The van der Waals surface area contributed by atoms with Gasteiger partial charge in [-0.2, -0.15) is 0 Å².